The molecule has 4 aromatic rings. The molecule has 0 unspecified atom stereocenters. The van der Waals surface area contributed by atoms with Crippen molar-refractivity contribution in [3.63, 3.8) is 0 Å². The number of hydrogen-bond acceptors (Lipinski definition) is 2. The maximum absolute atomic E-state index is 12.9. The van der Waals surface area contributed by atoms with Crippen molar-refractivity contribution in [1.29, 1.82) is 0 Å². The average molecular weight is 396 g/mol. The molecule has 0 spiro atoms. The molecule has 1 N–H and O–H groups in total. The molecule has 2 heterocycles. The number of carbonyl (C=O) groups excluding carboxylic acids is 1. The van der Waals surface area contributed by atoms with Gasteiger partial charge in [-0.3, -0.25) is 4.79 Å². The summed E-state index contributed by atoms with van der Waals surface area (Å²) in [5.74, 6) is -0.275. The number of imidazole rings is 1. The molecule has 0 aliphatic rings. The Morgan fingerprint density at radius 1 is 1.07 bits per heavy atom. The van der Waals surface area contributed by atoms with Crippen LogP contribution >= 0.6 is 23.2 Å². The van der Waals surface area contributed by atoms with Gasteiger partial charge in [-0.15, -0.1) is 0 Å². The lowest BCUT2D eigenvalue weighted by atomic mass is 10.0. The molecule has 0 atom stereocenters. The molecule has 0 aliphatic heterocycles. The van der Waals surface area contributed by atoms with E-state index in [0.717, 1.165) is 22.5 Å². The van der Waals surface area contributed by atoms with Crippen molar-refractivity contribution in [2.24, 2.45) is 0 Å². The van der Waals surface area contributed by atoms with Gasteiger partial charge in [-0.05, 0) is 42.8 Å². The number of hydrogen-bond donors (Lipinski definition) is 1. The SMILES string of the molecule is Cc1ccn2cc(-c3ccccc3C(=O)Nc3cccc(Cl)c3Cl)nc2c1. The molecule has 4 rings (SSSR count). The Balaban J connectivity index is 1.74. The van der Waals surface area contributed by atoms with Gasteiger partial charge < -0.3 is 9.72 Å². The van der Waals surface area contributed by atoms with Crippen LogP contribution in [0.4, 0.5) is 5.69 Å². The lowest BCUT2D eigenvalue weighted by molar-refractivity contribution is 0.102. The fraction of sp³-hybridized carbons (Fsp3) is 0.0476. The van der Waals surface area contributed by atoms with E-state index in [2.05, 4.69) is 10.3 Å². The zero-order valence-corrected chi connectivity index (χ0v) is 15.9. The van der Waals surface area contributed by atoms with E-state index in [9.17, 15) is 4.79 Å². The second kappa shape index (κ2) is 7.06. The summed E-state index contributed by atoms with van der Waals surface area (Å²) in [5.41, 5.74) is 4.40. The minimum atomic E-state index is -0.275. The van der Waals surface area contributed by atoms with E-state index in [1.807, 2.05) is 54.0 Å². The van der Waals surface area contributed by atoms with E-state index in [0.29, 0.717) is 21.3 Å². The van der Waals surface area contributed by atoms with Crippen LogP contribution in [0.3, 0.4) is 0 Å². The lowest BCUT2D eigenvalue weighted by Crippen LogP contribution is -2.13. The van der Waals surface area contributed by atoms with Gasteiger partial charge in [0.2, 0.25) is 0 Å². The van der Waals surface area contributed by atoms with Gasteiger partial charge in [0, 0.05) is 23.5 Å². The minimum Gasteiger partial charge on any atom is -0.321 e. The van der Waals surface area contributed by atoms with Gasteiger partial charge in [-0.25, -0.2) is 4.98 Å². The van der Waals surface area contributed by atoms with Gasteiger partial charge in [-0.1, -0.05) is 47.5 Å². The first kappa shape index (κ1) is 17.6. The summed E-state index contributed by atoms with van der Waals surface area (Å²) >= 11 is 12.2. The van der Waals surface area contributed by atoms with Crippen LogP contribution in [-0.2, 0) is 0 Å². The van der Waals surface area contributed by atoms with Gasteiger partial charge in [0.05, 0.1) is 21.4 Å². The molecule has 134 valence electrons. The highest BCUT2D eigenvalue weighted by atomic mass is 35.5. The van der Waals surface area contributed by atoms with Gasteiger partial charge in [-0.2, -0.15) is 0 Å². The van der Waals surface area contributed by atoms with Crippen molar-refractivity contribution < 1.29 is 4.79 Å². The standard InChI is InChI=1S/C21H15Cl2N3O/c1-13-9-10-26-12-18(24-19(26)11-13)14-5-2-3-6-15(14)21(27)25-17-8-4-7-16(22)20(17)23/h2-12H,1H3,(H,25,27). The fourth-order valence-corrected chi connectivity index (χ4v) is 3.26. The van der Waals surface area contributed by atoms with Gasteiger partial charge in [0.15, 0.2) is 0 Å². The van der Waals surface area contributed by atoms with Gasteiger partial charge >= 0.3 is 0 Å². The lowest BCUT2D eigenvalue weighted by Gasteiger charge is -2.10. The van der Waals surface area contributed by atoms with Crippen LogP contribution in [0.5, 0.6) is 0 Å². The normalized spacial score (nSPS) is 10.9. The number of fused-ring (bicyclic) bond motifs is 1. The van der Waals surface area contributed by atoms with Crippen LogP contribution < -0.4 is 5.32 Å². The predicted octanol–water partition coefficient (Wildman–Crippen LogP) is 5.87. The zero-order chi connectivity index (χ0) is 19.0. The molecule has 0 radical (unpaired) electrons. The summed E-state index contributed by atoms with van der Waals surface area (Å²) in [5, 5.41) is 3.53. The molecule has 4 nitrogen and oxygen atoms in total. The summed E-state index contributed by atoms with van der Waals surface area (Å²) in [6, 6.07) is 16.5. The van der Waals surface area contributed by atoms with E-state index in [4.69, 9.17) is 23.2 Å². The van der Waals surface area contributed by atoms with Gasteiger partial charge in [0.1, 0.15) is 5.65 Å². The number of amides is 1. The van der Waals surface area contributed by atoms with Crippen LogP contribution in [-0.4, -0.2) is 15.3 Å². The molecule has 2 aromatic heterocycles. The van der Waals surface area contributed by atoms with Crippen molar-refractivity contribution in [2.75, 3.05) is 5.32 Å². The van der Waals surface area contributed by atoms with Crippen molar-refractivity contribution in [1.82, 2.24) is 9.38 Å². The number of halogens is 2. The Kier molecular flexibility index (Phi) is 4.60. The zero-order valence-electron chi connectivity index (χ0n) is 14.4. The number of benzene rings is 2. The summed E-state index contributed by atoms with van der Waals surface area (Å²) < 4.78 is 1.94. The Morgan fingerprint density at radius 2 is 1.89 bits per heavy atom. The molecule has 0 aliphatic carbocycles. The number of rotatable bonds is 3. The van der Waals surface area contributed by atoms with E-state index in [1.54, 1.807) is 24.3 Å². The quantitative estimate of drug-likeness (QED) is 0.471. The number of carbonyl (C=O) groups is 1. The molecule has 0 fully saturated rings. The largest absolute Gasteiger partial charge is 0.321 e. The molecule has 2 aromatic carbocycles. The third-order valence-electron chi connectivity index (χ3n) is 4.26. The van der Waals surface area contributed by atoms with Crippen LogP contribution in [0.2, 0.25) is 10.0 Å². The topological polar surface area (TPSA) is 46.4 Å². The second-order valence-corrected chi connectivity index (χ2v) is 6.98. The molecule has 6 heteroatoms. The molecule has 27 heavy (non-hydrogen) atoms. The van der Waals surface area contributed by atoms with Gasteiger partial charge in [0.25, 0.3) is 5.91 Å². The maximum atomic E-state index is 12.9. The number of nitrogens with one attached hydrogen (secondary N) is 1. The number of nitrogens with zero attached hydrogens (tertiary/aromatic N) is 2. The van der Waals surface area contributed by atoms with E-state index in [1.165, 1.54) is 0 Å². The summed E-state index contributed by atoms with van der Waals surface area (Å²) in [6.45, 7) is 2.02. The van der Waals surface area contributed by atoms with Crippen molar-refractivity contribution in [3.8, 4) is 11.3 Å². The number of aryl methyl sites for hydroxylation is 1. The van der Waals surface area contributed by atoms with E-state index < -0.39 is 0 Å². The molecule has 0 bridgehead atoms. The number of pyridine rings is 1. The minimum absolute atomic E-state index is 0.275. The Hall–Kier alpha value is -2.82. The van der Waals surface area contributed by atoms with Crippen LogP contribution in [0.15, 0.2) is 67.0 Å². The summed E-state index contributed by atoms with van der Waals surface area (Å²) in [4.78, 5) is 17.6. The average Bonchev–Trinajstić information content (AvgIpc) is 3.08. The third-order valence-corrected chi connectivity index (χ3v) is 5.08. The number of anilines is 1. The predicted molar refractivity (Wildman–Crippen MR) is 110 cm³/mol. The first-order valence-electron chi connectivity index (χ1n) is 8.33. The van der Waals surface area contributed by atoms with Crippen molar-refractivity contribution in [2.45, 2.75) is 6.92 Å². The monoisotopic (exact) mass is 395 g/mol. The highest BCUT2D eigenvalue weighted by molar-refractivity contribution is 6.44. The van der Waals surface area contributed by atoms with E-state index >= 15 is 0 Å². The number of aromatic nitrogens is 2. The molecule has 1 amide bonds. The molecule has 0 saturated heterocycles. The second-order valence-electron chi connectivity index (χ2n) is 6.20. The molecular weight excluding hydrogens is 381 g/mol. The highest BCUT2D eigenvalue weighted by Crippen LogP contribution is 2.31. The highest BCUT2D eigenvalue weighted by Gasteiger charge is 2.16. The van der Waals surface area contributed by atoms with Crippen LogP contribution in [0.25, 0.3) is 16.9 Å². The fourth-order valence-electron chi connectivity index (χ4n) is 2.91. The molecular formula is C21H15Cl2N3O. The Labute approximate surface area is 166 Å². The smallest absolute Gasteiger partial charge is 0.256 e. The Morgan fingerprint density at radius 3 is 2.74 bits per heavy atom. The maximum Gasteiger partial charge on any atom is 0.256 e. The van der Waals surface area contributed by atoms with Crippen LogP contribution in [0.1, 0.15) is 15.9 Å². The Bertz CT molecular complexity index is 1170. The van der Waals surface area contributed by atoms with Crippen molar-refractivity contribution >= 4 is 40.4 Å². The third kappa shape index (κ3) is 3.42. The van der Waals surface area contributed by atoms with Crippen LogP contribution in [0, 0.1) is 6.92 Å². The summed E-state index contributed by atoms with van der Waals surface area (Å²) in [6.07, 6.45) is 3.86. The van der Waals surface area contributed by atoms with Crippen molar-refractivity contribution in [3.05, 3.63) is 88.2 Å². The molecule has 0 saturated carbocycles. The summed E-state index contributed by atoms with van der Waals surface area (Å²) in [7, 11) is 0. The van der Waals surface area contributed by atoms with E-state index in [-0.39, 0.29) is 5.91 Å². The first-order valence-corrected chi connectivity index (χ1v) is 9.08. The first-order chi connectivity index (χ1) is 13.0.